The summed E-state index contributed by atoms with van der Waals surface area (Å²) in [6, 6.07) is 4.17. The molecule has 1 aromatic rings. The van der Waals surface area contributed by atoms with Gasteiger partial charge in [0.25, 0.3) is 0 Å². The van der Waals surface area contributed by atoms with Crippen molar-refractivity contribution < 1.29 is 4.74 Å². The Morgan fingerprint density at radius 3 is 2.27 bits per heavy atom. The number of hydrogen-bond donors (Lipinski definition) is 2. The maximum Gasteiger partial charge on any atom is 0.124 e. The highest BCUT2D eigenvalue weighted by molar-refractivity contribution is 5.56. The topological polar surface area (TPSA) is 50.5 Å². The molecular formula is C11H19N3O. The predicted molar refractivity (Wildman–Crippen MR) is 63.1 cm³/mol. The molecule has 0 atom stereocenters. The largest absolute Gasteiger partial charge is 0.496 e. The van der Waals surface area contributed by atoms with Crippen LogP contribution in [0.5, 0.6) is 5.75 Å². The zero-order valence-electron chi connectivity index (χ0n) is 9.79. The van der Waals surface area contributed by atoms with Crippen molar-refractivity contribution in [1.82, 2.24) is 5.43 Å². The molecule has 0 saturated carbocycles. The summed E-state index contributed by atoms with van der Waals surface area (Å²) in [4.78, 5) is 2.04. The molecule has 0 spiro atoms. The van der Waals surface area contributed by atoms with E-state index in [1.54, 1.807) is 7.11 Å². The molecule has 0 unspecified atom stereocenters. The number of methoxy groups -OCH3 is 1. The van der Waals surface area contributed by atoms with Crippen molar-refractivity contribution in [2.24, 2.45) is 5.84 Å². The number of rotatable bonds is 4. The first kappa shape index (κ1) is 11.8. The Morgan fingerprint density at radius 2 is 1.87 bits per heavy atom. The number of nitrogens with zero attached hydrogens (tertiary/aromatic N) is 1. The van der Waals surface area contributed by atoms with Gasteiger partial charge in [-0.05, 0) is 37.1 Å². The van der Waals surface area contributed by atoms with Crippen LogP contribution in [0.4, 0.5) is 5.69 Å². The Bertz CT molecular complexity index is 316. The van der Waals surface area contributed by atoms with Crippen molar-refractivity contribution in [3.8, 4) is 5.75 Å². The van der Waals surface area contributed by atoms with Crippen molar-refractivity contribution in [3.63, 3.8) is 0 Å². The van der Waals surface area contributed by atoms with E-state index in [4.69, 9.17) is 10.6 Å². The summed E-state index contributed by atoms with van der Waals surface area (Å²) < 4.78 is 5.31. The summed E-state index contributed by atoms with van der Waals surface area (Å²) in [5.41, 5.74) is 6.03. The van der Waals surface area contributed by atoms with Gasteiger partial charge in [-0.25, -0.2) is 5.43 Å². The molecule has 0 bridgehead atoms. The molecule has 0 aliphatic carbocycles. The molecule has 84 valence electrons. The van der Waals surface area contributed by atoms with E-state index in [1.807, 2.05) is 25.8 Å². The minimum atomic E-state index is 0.616. The van der Waals surface area contributed by atoms with Gasteiger partial charge in [0.15, 0.2) is 0 Å². The highest BCUT2D eigenvalue weighted by atomic mass is 16.5. The molecule has 0 radical (unpaired) electrons. The van der Waals surface area contributed by atoms with Crippen LogP contribution in [0.1, 0.15) is 11.1 Å². The number of hydrazine groups is 1. The number of nitrogens with one attached hydrogen (secondary N) is 1. The fraction of sp³-hybridized carbons (Fsp3) is 0.455. The zero-order valence-corrected chi connectivity index (χ0v) is 9.79. The van der Waals surface area contributed by atoms with Gasteiger partial charge >= 0.3 is 0 Å². The van der Waals surface area contributed by atoms with Gasteiger partial charge in [0.1, 0.15) is 5.75 Å². The third-order valence-corrected chi connectivity index (χ3v) is 2.42. The maximum absolute atomic E-state index is 5.31. The highest BCUT2D eigenvalue weighted by Crippen LogP contribution is 2.27. The van der Waals surface area contributed by atoms with Gasteiger partial charge in [0, 0.05) is 12.7 Å². The molecule has 0 saturated heterocycles. The zero-order chi connectivity index (χ0) is 11.4. The molecule has 0 fully saturated rings. The van der Waals surface area contributed by atoms with Crippen molar-refractivity contribution >= 4 is 5.69 Å². The van der Waals surface area contributed by atoms with Crippen molar-refractivity contribution in [2.75, 3.05) is 25.7 Å². The number of aryl methyl sites for hydroxylation is 2. The van der Waals surface area contributed by atoms with Crippen LogP contribution in [0.15, 0.2) is 12.1 Å². The lowest BCUT2D eigenvalue weighted by atomic mass is 10.1. The summed E-state index contributed by atoms with van der Waals surface area (Å²) in [6.07, 6.45) is 0. The van der Waals surface area contributed by atoms with Crippen molar-refractivity contribution in [1.29, 1.82) is 0 Å². The molecule has 15 heavy (non-hydrogen) atoms. The second kappa shape index (κ2) is 5.00. The Balaban J connectivity index is 3.02. The summed E-state index contributed by atoms with van der Waals surface area (Å²) >= 11 is 0. The van der Waals surface area contributed by atoms with Gasteiger partial charge in [0.2, 0.25) is 0 Å². The normalized spacial score (nSPS) is 10.2. The van der Waals surface area contributed by atoms with Gasteiger partial charge in [-0.3, -0.25) is 5.84 Å². The Hall–Kier alpha value is -1.26. The van der Waals surface area contributed by atoms with Crippen molar-refractivity contribution in [2.45, 2.75) is 13.8 Å². The van der Waals surface area contributed by atoms with Crippen LogP contribution >= 0.6 is 0 Å². The lowest BCUT2D eigenvalue weighted by Gasteiger charge is -2.21. The van der Waals surface area contributed by atoms with Gasteiger partial charge in [-0.1, -0.05) is 0 Å². The van der Waals surface area contributed by atoms with Crippen LogP contribution in [0.2, 0.25) is 0 Å². The summed E-state index contributed by atoms with van der Waals surface area (Å²) in [5.74, 6) is 6.23. The smallest absolute Gasteiger partial charge is 0.124 e. The standard InChI is InChI=1S/C11H19N3O/c1-8-5-10(14(3)7-13-12)6-9(2)11(8)15-4/h5-6,13H,7,12H2,1-4H3. The van der Waals surface area contributed by atoms with Crippen LogP contribution in [-0.2, 0) is 0 Å². The maximum atomic E-state index is 5.31. The third kappa shape index (κ3) is 2.61. The van der Waals surface area contributed by atoms with E-state index in [0.29, 0.717) is 6.67 Å². The van der Waals surface area contributed by atoms with Crippen molar-refractivity contribution in [3.05, 3.63) is 23.3 Å². The Labute approximate surface area is 91.0 Å². The first-order valence-corrected chi connectivity index (χ1v) is 4.90. The van der Waals surface area contributed by atoms with Crippen LogP contribution in [0, 0.1) is 13.8 Å². The number of nitrogens with two attached hydrogens (primary N) is 1. The van der Waals surface area contributed by atoms with Crippen LogP contribution in [0.25, 0.3) is 0 Å². The molecule has 0 aliphatic rings. The second-order valence-electron chi connectivity index (χ2n) is 3.67. The monoisotopic (exact) mass is 209 g/mol. The molecule has 0 heterocycles. The SMILES string of the molecule is COc1c(C)cc(N(C)CNN)cc1C. The first-order valence-electron chi connectivity index (χ1n) is 4.90. The van der Waals surface area contributed by atoms with E-state index < -0.39 is 0 Å². The lowest BCUT2D eigenvalue weighted by molar-refractivity contribution is 0.408. The minimum Gasteiger partial charge on any atom is -0.496 e. The fourth-order valence-electron chi connectivity index (χ4n) is 1.70. The molecule has 0 aromatic heterocycles. The number of benzene rings is 1. The van der Waals surface area contributed by atoms with E-state index in [2.05, 4.69) is 17.6 Å². The van der Waals surface area contributed by atoms with Crippen LogP contribution in [-0.4, -0.2) is 20.8 Å². The van der Waals surface area contributed by atoms with Gasteiger partial charge in [0.05, 0.1) is 13.8 Å². The number of ether oxygens (including phenoxy) is 1. The first-order chi connectivity index (χ1) is 7.10. The van der Waals surface area contributed by atoms with E-state index >= 15 is 0 Å². The van der Waals surface area contributed by atoms with E-state index in [-0.39, 0.29) is 0 Å². The van der Waals surface area contributed by atoms with Gasteiger partial charge in [-0.15, -0.1) is 0 Å². The number of anilines is 1. The fourth-order valence-corrected chi connectivity index (χ4v) is 1.70. The Kier molecular flexibility index (Phi) is 3.94. The highest BCUT2D eigenvalue weighted by Gasteiger charge is 2.07. The third-order valence-electron chi connectivity index (χ3n) is 2.42. The molecular weight excluding hydrogens is 190 g/mol. The average Bonchev–Trinajstić information content (AvgIpc) is 2.17. The molecule has 0 aliphatic heterocycles. The van der Waals surface area contributed by atoms with E-state index in [9.17, 15) is 0 Å². The molecule has 3 N–H and O–H groups in total. The lowest BCUT2D eigenvalue weighted by Crippen LogP contribution is -2.35. The molecule has 0 amide bonds. The molecule has 4 heteroatoms. The molecule has 4 nitrogen and oxygen atoms in total. The molecule has 1 rings (SSSR count). The van der Waals surface area contributed by atoms with E-state index in [1.165, 1.54) is 0 Å². The molecule has 1 aromatic carbocycles. The summed E-state index contributed by atoms with van der Waals surface area (Å²) in [7, 11) is 3.68. The van der Waals surface area contributed by atoms with E-state index in [0.717, 1.165) is 22.6 Å². The summed E-state index contributed by atoms with van der Waals surface area (Å²) in [6.45, 7) is 4.70. The van der Waals surface area contributed by atoms with Gasteiger partial charge in [-0.2, -0.15) is 0 Å². The Morgan fingerprint density at radius 1 is 1.33 bits per heavy atom. The van der Waals surface area contributed by atoms with Crippen LogP contribution < -0.4 is 20.9 Å². The number of hydrogen-bond acceptors (Lipinski definition) is 4. The van der Waals surface area contributed by atoms with Gasteiger partial charge < -0.3 is 9.64 Å². The minimum absolute atomic E-state index is 0.616. The summed E-state index contributed by atoms with van der Waals surface area (Å²) in [5, 5.41) is 0. The predicted octanol–water partition coefficient (Wildman–Crippen LogP) is 1.17. The average molecular weight is 209 g/mol. The second-order valence-corrected chi connectivity index (χ2v) is 3.67. The quantitative estimate of drug-likeness (QED) is 0.444. The van der Waals surface area contributed by atoms with Crippen LogP contribution in [0.3, 0.4) is 0 Å².